The molecule has 1 aromatic carbocycles. The number of benzene rings is 1. The number of aromatic nitrogens is 1. The zero-order valence-corrected chi connectivity index (χ0v) is 17.3. The molecule has 28 heavy (non-hydrogen) atoms. The third kappa shape index (κ3) is 4.28. The van der Waals surface area contributed by atoms with Crippen LogP contribution in [0, 0.1) is 0 Å². The fourth-order valence-corrected chi connectivity index (χ4v) is 3.26. The lowest BCUT2D eigenvalue weighted by Gasteiger charge is -2.32. The molecular weight excluding hydrogens is 353 g/mol. The van der Waals surface area contributed by atoms with Gasteiger partial charge < -0.3 is 14.0 Å². The molecule has 1 aliphatic heterocycles. The van der Waals surface area contributed by atoms with E-state index >= 15 is 0 Å². The third-order valence-electron chi connectivity index (χ3n) is 5.59. The highest BCUT2D eigenvalue weighted by atomic mass is 16.7. The van der Waals surface area contributed by atoms with Gasteiger partial charge in [0.1, 0.15) is 0 Å². The number of rotatable bonds is 6. The Kier molecular flexibility index (Phi) is 5.91. The SMILES string of the molecule is CCOC(=O)CC(B1OC(C)(C)C(C)(C)O1)c1ccc(-c2ccccn2)cc1. The van der Waals surface area contributed by atoms with Gasteiger partial charge in [-0.15, -0.1) is 0 Å². The average molecular weight is 381 g/mol. The Morgan fingerprint density at radius 1 is 1.07 bits per heavy atom. The van der Waals surface area contributed by atoms with Crippen LogP contribution in [-0.4, -0.2) is 35.9 Å². The molecule has 1 saturated heterocycles. The second-order valence-electron chi connectivity index (χ2n) is 8.08. The lowest BCUT2D eigenvalue weighted by atomic mass is 9.66. The second-order valence-corrected chi connectivity index (χ2v) is 8.08. The summed E-state index contributed by atoms with van der Waals surface area (Å²) in [5, 5.41) is 0. The lowest BCUT2D eigenvalue weighted by Crippen LogP contribution is -2.41. The quantitative estimate of drug-likeness (QED) is 0.548. The lowest BCUT2D eigenvalue weighted by molar-refractivity contribution is -0.143. The van der Waals surface area contributed by atoms with E-state index in [-0.39, 0.29) is 18.2 Å². The first-order chi connectivity index (χ1) is 13.2. The van der Waals surface area contributed by atoms with E-state index in [9.17, 15) is 4.79 Å². The normalized spacial score (nSPS) is 18.7. The fourth-order valence-electron chi connectivity index (χ4n) is 3.26. The van der Waals surface area contributed by atoms with Crippen LogP contribution in [0.25, 0.3) is 11.3 Å². The smallest absolute Gasteiger partial charge is 0.466 e. The van der Waals surface area contributed by atoms with Gasteiger partial charge in [0.15, 0.2) is 0 Å². The van der Waals surface area contributed by atoms with Crippen molar-refractivity contribution in [1.29, 1.82) is 0 Å². The molecule has 1 aliphatic rings. The van der Waals surface area contributed by atoms with E-state index in [2.05, 4.69) is 4.98 Å². The molecule has 0 N–H and O–H groups in total. The highest BCUT2D eigenvalue weighted by Gasteiger charge is 2.54. The van der Waals surface area contributed by atoms with Crippen molar-refractivity contribution in [1.82, 2.24) is 4.98 Å². The molecule has 1 aromatic heterocycles. The first kappa shape index (κ1) is 20.6. The Morgan fingerprint density at radius 3 is 2.25 bits per heavy atom. The van der Waals surface area contributed by atoms with Gasteiger partial charge >= 0.3 is 13.1 Å². The molecule has 1 atom stereocenters. The number of esters is 1. The van der Waals surface area contributed by atoms with Crippen LogP contribution >= 0.6 is 0 Å². The summed E-state index contributed by atoms with van der Waals surface area (Å²) < 4.78 is 17.7. The molecule has 0 aliphatic carbocycles. The molecule has 6 heteroatoms. The summed E-state index contributed by atoms with van der Waals surface area (Å²) in [7, 11) is -0.518. The molecule has 5 nitrogen and oxygen atoms in total. The minimum atomic E-state index is -0.518. The molecule has 0 saturated carbocycles. The van der Waals surface area contributed by atoms with Crippen molar-refractivity contribution < 1.29 is 18.8 Å². The van der Waals surface area contributed by atoms with Gasteiger partial charge in [-0.1, -0.05) is 30.3 Å². The predicted octanol–water partition coefficient (Wildman–Crippen LogP) is 4.42. The van der Waals surface area contributed by atoms with E-state index < -0.39 is 18.3 Å². The van der Waals surface area contributed by atoms with Gasteiger partial charge in [-0.25, -0.2) is 0 Å². The molecule has 2 aromatic rings. The van der Waals surface area contributed by atoms with Gasteiger partial charge in [-0.05, 0) is 52.3 Å². The maximum atomic E-state index is 12.3. The molecule has 0 amide bonds. The van der Waals surface area contributed by atoms with E-state index in [1.165, 1.54) is 0 Å². The van der Waals surface area contributed by atoms with Crippen LogP contribution in [0.3, 0.4) is 0 Å². The Bertz CT molecular complexity index is 789. The van der Waals surface area contributed by atoms with Crippen molar-refractivity contribution >= 4 is 13.1 Å². The van der Waals surface area contributed by atoms with Gasteiger partial charge in [0.2, 0.25) is 0 Å². The molecule has 2 heterocycles. The molecule has 1 unspecified atom stereocenters. The summed E-state index contributed by atoms with van der Waals surface area (Å²) in [4.78, 5) is 16.6. The number of pyridine rings is 1. The van der Waals surface area contributed by atoms with Crippen molar-refractivity contribution in [2.24, 2.45) is 0 Å². The summed E-state index contributed by atoms with van der Waals surface area (Å²) in [5.41, 5.74) is 1.99. The number of carbonyl (C=O) groups excluding carboxylic acids is 1. The summed E-state index contributed by atoms with van der Waals surface area (Å²) in [6.45, 7) is 10.2. The standard InChI is InChI=1S/C22H28BNO4/c1-6-26-20(25)15-18(23-27-21(2,3)22(4,5)28-23)16-10-12-17(13-11-16)19-9-7-8-14-24-19/h7-14,18H,6,15H2,1-5H3. The Morgan fingerprint density at radius 2 is 1.71 bits per heavy atom. The third-order valence-corrected chi connectivity index (χ3v) is 5.59. The van der Waals surface area contributed by atoms with Crippen molar-refractivity contribution in [3.05, 3.63) is 54.2 Å². The van der Waals surface area contributed by atoms with Crippen LogP contribution in [0.2, 0.25) is 0 Å². The van der Waals surface area contributed by atoms with Crippen molar-refractivity contribution in [2.75, 3.05) is 6.61 Å². The Hall–Kier alpha value is -2.18. The fraction of sp³-hybridized carbons (Fsp3) is 0.455. The zero-order chi connectivity index (χ0) is 20.4. The highest BCUT2D eigenvalue weighted by molar-refractivity contribution is 6.48. The van der Waals surface area contributed by atoms with Gasteiger partial charge in [0, 0.05) is 17.6 Å². The zero-order valence-electron chi connectivity index (χ0n) is 17.3. The molecule has 0 spiro atoms. The van der Waals surface area contributed by atoms with Crippen LogP contribution in [-0.2, 0) is 18.8 Å². The summed E-state index contributed by atoms with van der Waals surface area (Å²) in [6.07, 6.45) is 1.98. The van der Waals surface area contributed by atoms with Crippen LogP contribution in [0.1, 0.15) is 52.4 Å². The van der Waals surface area contributed by atoms with Crippen molar-refractivity contribution in [3.8, 4) is 11.3 Å². The largest absolute Gasteiger partial charge is 0.466 e. The minimum absolute atomic E-state index is 0.202. The number of nitrogens with zero attached hydrogens (tertiary/aromatic N) is 1. The molecule has 0 radical (unpaired) electrons. The summed E-state index contributed by atoms with van der Waals surface area (Å²) in [5.74, 6) is -0.506. The number of carbonyl (C=O) groups is 1. The van der Waals surface area contributed by atoms with E-state index in [0.29, 0.717) is 6.61 Å². The average Bonchev–Trinajstić information content (AvgIpc) is 2.88. The van der Waals surface area contributed by atoms with Gasteiger partial charge in [-0.3, -0.25) is 9.78 Å². The Balaban J connectivity index is 1.88. The van der Waals surface area contributed by atoms with Crippen LogP contribution < -0.4 is 0 Å². The second kappa shape index (κ2) is 8.06. The van der Waals surface area contributed by atoms with Gasteiger partial charge in [0.05, 0.1) is 29.9 Å². The monoisotopic (exact) mass is 381 g/mol. The number of ether oxygens (including phenoxy) is 1. The van der Waals surface area contributed by atoms with E-state index in [1.807, 2.05) is 77.1 Å². The topological polar surface area (TPSA) is 57.7 Å². The van der Waals surface area contributed by atoms with Crippen molar-refractivity contribution in [2.45, 2.75) is 58.1 Å². The van der Waals surface area contributed by atoms with Crippen molar-refractivity contribution in [3.63, 3.8) is 0 Å². The van der Waals surface area contributed by atoms with Crippen LogP contribution in [0.5, 0.6) is 0 Å². The van der Waals surface area contributed by atoms with Crippen LogP contribution in [0.4, 0.5) is 0 Å². The number of hydrogen-bond donors (Lipinski definition) is 0. The molecule has 0 bridgehead atoms. The molecular formula is C22H28BNO4. The minimum Gasteiger partial charge on any atom is -0.466 e. The molecule has 3 rings (SSSR count). The maximum Gasteiger partial charge on any atom is 0.466 e. The molecule has 1 fully saturated rings. The van der Waals surface area contributed by atoms with Gasteiger partial charge in [-0.2, -0.15) is 0 Å². The maximum absolute atomic E-state index is 12.3. The van der Waals surface area contributed by atoms with E-state index in [4.69, 9.17) is 14.0 Å². The first-order valence-electron chi connectivity index (χ1n) is 9.76. The first-order valence-corrected chi connectivity index (χ1v) is 9.76. The summed E-state index contributed by atoms with van der Waals surface area (Å²) in [6, 6.07) is 13.9. The van der Waals surface area contributed by atoms with E-state index in [1.54, 1.807) is 6.20 Å². The number of hydrogen-bond acceptors (Lipinski definition) is 5. The predicted molar refractivity (Wildman–Crippen MR) is 110 cm³/mol. The highest BCUT2D eigenvalue weighted by Crippen LogP contribution is 2.42. The summed E-state index contributed by atoms with van der Waals surface area (Å²) >= 11 is 0. The molecule has 148 valence electrons. The van der Waals surface area contributed by atoms with Gasteiger partial charge in [0.25, 0.3) is 0 Å². The van der Waals surface area contributed by atoms with Crippen LogP contribution in [0.15, 0.2) is 48.7 Å². The Labute approximate surface area is 167 Å². The van der Waals surface area contributed by atoms with E-state index in [0.717, 1.165) is 16.8 Å².